The summed E-state index contributed by atoms with van der Waals surface area (Å²) in [5.74, 6) is 0.623. The molecule has 9 nitrogen and oxygen atoms in total. The van der Waals surface area contributed by atoms with Crippen LogP contribution in [0.3, 0.4) is 0 Å². The van der Waals surface area contributed by atoms with Crippen LogP contribution < -0.4 is 15.5 Å². The Morgan fingerprint density at radius 1 is 1.05 bits per heavy atom. The minimum absolute atomic E-state index is 0.151. The van der Waals surface area contributed by atoms with E-state index in [0.717, 1.165) is 59.6 Å². The molecule has 2 fully saturated rings. The number of benzene rings is 1. The number of pyridine rings is 3. The summed E-state index contributed by atoms with van der Waals surface area (Å²) in [6.45, 7) is 8.97. The molecule has 1 saturated heterocycles. The van der Waals surface area contributed by atoms with Crippen LogP contribution in [0.1, 0.15) is 45.6 Å². The third-order valence-electron chi connectivity index (χ3n) is 8.22. The first-order valence-corrected chi connectivity index (χ1v) is 15.7. The largest absolute Gasteiger partial charge is 0.353 e. The summed E-state index contributed by atoms with van der Waals surface area (Å²) in [6, 6.07) is 12.7. The van der Waals surface area contributed by atoms with Crippen LogP contribution in [0.25, 0.3) is 22.3 Å². The predicted octanol–water partition coefficient (Wildman–Crippen LogP) is 3.89. The number of rotatable bonds is 6. The van der Waals surface area contributed by atoms with Gasteiger partial charge in [-0.25, -0.2) is 18.4 Å². The zero-order chi connectivity index (χ0) is 28.9. The maximum Gasteiger partial charge on any atom is 0.251 e. The van der Waals surface area contributed by atoms with E-state index in [1.54, 1.807) is 25.3 Å². The molecule has 0 atom stereocenters. The van der Waals surface area contributed by atoms with Crippen molar-refractivity contribution in [3.8, 4) is 11.4 Å². The van der Waals surface area contributed by atoms with Gasteiger partial charge in [-0.2, -0.15) is 0 Å². The average molecular weight is 571 g/mol. The summed E-state index contributed by atoms with van der Waals surface area (Å²) < 4.78 is 24.1. The van der Waals surface area contributed by atoms with Gasteiger partial charge < -0.3 is 15.5 Å². The molecule has 1 aliphatic heterocycles. The van der Waals surface area contributed by atoms with Gasteiger partial charge in [0, 0.05) is 48.6 Å². The van der Waals surface area contributed by atoms with Crippen LogP contribution in [0.4, 0.5) is 5.82 Å². The number of aromatic nitrogens is 3. The van der Waals surface area contributed by atoms with Crippen LogP contribution in [0, 0.1) is 20.8 Å². The molecule has 41 heavy (non-hydrogen) atoms. The van der Waals surface area contributed by atoms with E-state index in [-0.39, 0.29) is 28.4 Å². The van der Waals surface area contributed by atoms with Gasteiger partial charge in [0.2, 0.25) is 0 Å². The number of piperazine rings is 1. The monoisotopic (exact) mass is 570 g/mol. The van der Waals surface area contributed by atoms with Gasteiger partial charge in [-0.3, -0.25) is 9.78 Å². The van der Waals surface area contributed by atoms with Gasteiger partial charge in [0.1, 0.15) is 5.82 Å². The van der Waals surface area contributed by atoms with E-state index in [9.17, 15) is 13.2 Å². The Bertz CT molecular complexity index is 1800. The number of fused-ring (bicyclic) bond motifs is 1. The lowest BCUT2D eigenvalue weighted by Crippen LogP contribution is -2.52. The molecule has 1 aromatic carbocycles. The number of anilines is 1. The lowest BCUT2D eigenvalue weighted by atomic mass is 10.0. The Kier molecular flexibility index (Phi) is 6.78. The zero-order valence-corrected chi connectivity index (χ0v) is 24.6. The topological polar surface area (TPSA) is 117 Å². The molecule has 212 valence electrons. The van der Waals surface area contributed by atoms with E-state index in [2.05, 4.69) is 40.4 Å². The maximum atomic E-state index is 12.8. The van der Waals surface area contributed by atoms with Crippen molar-refractivity contribution in [2.75, 3.05) is 30.8 Å². The van der Waals surface area contributed by atoms with Gasteiger partial charge in [0.25, 0.3) is 5.91 Å². The number of carbonyl (C=O) groups is 1. The molecule has 2 aliphatic rings. The van der Waals surface area contributed by atoms with Crippen LogP contribution in [0.2, 0.25) is 0 Å². The molecule has 2 N–H and O–H groups in total. The first-order valence-electron chi connectivity index (χ1n) is 13.8. The van der Waals surface area contributed by atoms with Crippen LogP contribution in [0.5, 0.6) is 0 Å². The van der Waals surface area contributed by atoms with Gasteiger partial charge in [0.05, 0.1) is 34.0 Å². The van der Waals surface area contributed by atoms with Gasteiger partial charge in [0.15, 0.2) is 9.84 Å². The Balaban J connectivity index is 1.24. The lowest BCUT2D eigenvalue weighted by molar-refractivity contribution is 0.0950. The van der Waals surface area contributed by atoms with Crippen molar-refractivity contribution in [1.29, 1.82) is 0 Å². The average Bonchev–Trinajstić information content (AvgIpc) is 3.70. The predicted molar refractivity (Wildman–Crippen MR) is 160 cm³/mol. The Hall–Kier alpha value is -3.89. The standard InChI is InChI=1S/C31H34N6O3S/c1-19-5-6-22(14-27(19)41(4,39)40)30(38)33-17-24-15-26-23(16-32-24)7-8-25(35-26)29-21(3)20(2)13-28(36-29)37-12-11-34-31(18-37)9-10-31/h5-8,13-16,34H,9-12,17-18H2,1-4H3,(H,33,38). The molecule has 0 bridgehead atoms. The van der Waals surface area contributed by atoms with Crippen molar-refractivity contribution < 1.29 is 13.2 Å². The molecule has 1 aliphatic carbocycles. The van der Waals surface area contributed by atoms with E-state index in [0.29, 0.717) is 11.3 Å². The molecule has 4 heterocycles. The summed E-state index contributed by atoms with van der Waals surface area (Å²) in [4.78, 5) is 29.9. The summed E-state index contributed by atoms with van der Waals surface area (Å²) in [5.41, 5.74) is 6.51. The van der Waals surface area contributed by atoms with Crippen LogP contribution >= 0.6 is 0 Å². The van der Waals surface area contributed by atoms with Crippen molar-refractivity contribution in [3.05, 3.63) is 76.6 Å². The van der Waals surface area contributed by atoms with E-state index in [4.69, 9.17) is 9.97 Å². The summed E-state index contributed by atoms with van der Waals surface area (Å²) in [7, 11) is -3.44. The molecule has 1 amide bonds. The van der Waals surface area contributed by atoms with E-state index < -0.39 is 9.84 Å². The number of amides is 1. The molecule has 4 aromatic rings. The first-order chi connectivity index (χ1) is 19.5. The molecule has 6 rings (SSSR count). The van der Waals surface area contributed by atoms with Crippen molar-refractivity contribution in [2.45, 2.75) is 50.6 Å². The fourth-order valence-electron chi connectivity index (χ4n) is 5.47. The second-order valence-corrected chi connectivity index (χ2v) is 13.4. The number of nitrogens with zero attached hydrogens (tertiary/aromatic N) is 4. The molecule has 0 radical (unpaired) electrons. The number of hydrogen-bond donors (Lipinski definition) is 2. The second-order valence-electron chi connectivity index (χ2n) is 11.4. The van der Waals surface area contributed by atoms with E-state index in [1.807, 2.05) is 18.2 Å². The SMILES string of the molecule is Cc1ccc(C(=O)NCc2cc3nc(-c4nc(N5CCNC6(CC6)C5)cc(C)c4C)ccc3cn2)cc1S(C)(=O)=O. The number of aryl methyl sites for hydroxylation is 2. The Morgan fingerprint density at radius 2 is 1.85 bits per heavy atom. The molecular weight excluding hydrogens is 536 g/mol. The van der Waals surface area contributed by atoms with Gasteiger partial charge in [-0.1, -0.05) is 6.07 Å². The van der Waals surface area contributed by atoms with Crippen molar-refractivity contribution >= 4 is 32.5 Å². The van der Waals surface area contributed by atoms with Crippen LogP contribution in [0.15, 0.2) is 53.6 Å². The molecule has 1 spiro atoms. The molecule has 10 heteroatoms. The summed E-state index contributed by atoms with van der Waals surface area (Å²) >= 11 is 0. The second kappa shape index (κ2) is 10.2. The van der Waals surface area contributed by atoms with Gasteiger partial charge in [-0.05, 0) is 86.7 Å². The summed E-state index contributed by atoms with van der Waals surface area (Å²) in [5, 5.41) is 7.41. The third kappa shape index (κ3) is 5.54. The Labute approximate surface area is 240 Å². The Morgan fingerprint density at radius 3 is 2.61 bits per heavy atom. The summed E-state index contributed by atoms with van der Waals surface area (Å²) in [6.07, 6.45) is 5.33. The fourth-order valence-corrected chi connectivity index (χ4v) is 6.46. The quantitative estimate of drug-likeness (QED) is 0.359. The van der Waals surface area contributed by atoms with Crippen molar-refractivity contribution in [2.24, 2.45) is 0 Å². The van der Waals surface area contributed by atoms with Crippen molar-refractivity contribution in [1.82, 2.24) is 25.6 Å². The fraction of sp³-hybridized carbons (Fsp3) is 0.355. The van der Waals surface area contributed by atoms with E-state index in [1.165, 1.54) is 24.5 Å². The highest BCUT2D eigenvalue weighted by molar-refractivity contribution is 7.90. The number of hydrogen-bond acceptors (Lipinski definition) is 8. The highest BCUT2D eigenvalue weighted by Gasteiger charge is 2.45. The molecule has 0 unspecified atom stereocenters. The smallest absolute Gasteiger partial charge is 0.251 e. The van der Waals surface area contributed by atoms with Crippen LogP contribution in [-0.4, -0.2) is 60.7 Å². The normalized spacial score (nSPS) is 16.2. The zero-order valence-electron chi connectivity index (χ0n) is 23.8. The number of nitrogens with one attached hydrogen (secondary N) is 2. The van der Waals surface area contributed by atoms with Gasteiger partial charge >= 0.3 is 0 Å². The number of sulfone groups is 1. The minimum atomic E-state index is -3.44. The van der Waals surface area contributed by atoms with Crippen molar-refractivity contribution in [3.63, 3.8) is 0 Å². The highest BCUT2D eigenvalue weighted by atomic mass is 32.2. The maximum absolute atomic E-state index is 12.8. The number of carbonyl (C=O) groups excluding carboxylic acids is 1. The minimum Gasteiger partial charge on any atom is -0.353 e. The molecular formula is C31H34N6O3S. The van der Waals surface area contributed by atoms with Crippen LogP contribution in [-0.2, 0) is 16.4 Å². The highest BCUT2D eigenvalue weighted by Crippen LogP contribution is 2.39. The first kappa shape index (κ1) is 27.3. The lowest BCUT2D eigenvalue weighted by Gasteiger charge is -2.35. The molecule has 3 aromatic heterocycles. The third-order valence-corrected chi connectivity index (χ3v) is 9.46. The van der Waals surface area contributed by atoms with Gasteiger partial charge in [-0.15, -0.1) is 0 Å². The van der Waals surface area contributed by atoms with E-state index >= 15 is 0 Å². The molecule has 1 saturated carbocycles.